The third-order valence-corrected chi connectivity index (χ3v) is 5.13. The lowest BCUT2D eigenvalue weighted by Crippen LogP contribution is -2.53. The van der Waals surface area contributed by atoms with E-state index in [1.54, 1.807) is 6.92 Å². The molecule has 0 aromatic rings. The molecule has 0 aliphatic carbocycles. The summed E-state index contributed by atoms with van der Waals surface area (Å²) in [5.41, 5.74) is -0.476. The molecule has 18 heavy (non-hydrogen) atoms. The van der Waals surface area contributed by atoms with Gasteiger partial charge in [-0.2, -0.15) is 0 Å². The fraction of sp³-hybridized carbons (Fsp3) is 0.909. The maximum atomic E-state index is 12.0. The number of amides is 1. The molecule has 2 N–H and O–H groups in total. The van der Waals surface area contributed by atoms with Gasteiger partial charge in [0.15, 0.2) is 9.84 Å². The van der Waals surface area contributed by atoms with E-state index in [0.29, 0.717) is 0 Å². The SMILES string of the molecule is CCC1(C(=O)NCCS(=O)(=O)CC)CCCN1.Cl. The van der Waals surface area contributed by atoms with Crippen molar-refractivity contribution >= 4 is 28.2 Å². The minimum atomic E-state index is -3.00. The Hall–Kier alpha value is -0.330. The Morgan fingerprint density at radius 1 is 1.39 bits per heavy atom. The predicted octanol–water partition coefficient (Wildman–Crippen LogP) is 0.491. The highest BCUT2D eigenvalue weighted by atomic mass is 35.5. The van der Waals surface area contributed by atoms with E-state index in [1.165, 1.54) is 0 Å². The first-order valence-corrected chi connectivity index (χ1v) is 8.01. The zero-order valence-electron chi connectivity index (χ0n) is 11.0. The number of sulfone groups is 1. The molecule has 1 atom stereocenters. The first kappa shape index (κ1) is 17.7. The fourth-order valence-corrected chi connectivity index (χ4v) is 2.80. The molecule has 1 unspecified atom stereocenters. The van der Waals surface area contributed by atoms with E-state index in [9.17, 15) is 13.2 Å². The van der Waals surface area contributed by atoms with Gasteiger partial charge >= 0.3 is 0 Å². The lowest BCUT2D eigenvalue weighted by atomic mass is 9.93. The topological polar surface area (TPSA) is 75.3 Å². The van der Waals surface area contributed by atoms with Crippen LogP contribution in [0.15, 0.2) is 0 Å². The number of nitrogens with one attached hydrogen (secondary N) is 2. The number of rotatable bonds is 6. The van der Waals surface area contributed by atoms with Crippen LogP contribution in [0.4, 0.5) is 0 Å². The molecule has 1 rings (SSSR count). The standard InChI is InChI=1S/C11H22N2O3S.ClH/c1-3-11(6-5-7-13-11)10(14)12-8-9-17(15,16)4-2;/h13H,3-9H2,1-2H3,(H,12,14);1H. The molecule has 1 aliphatic rings. The molecule has 108 valence electrons. The third-order valence-electron chi connectivity index (χ3n) is 3.42. The van der Waals surface area contributed by atoms with Gasteiger partial charge in [0.1, 0.15) is 0 Å². The van der Waals surface area contributed by atoms with E-state index in [4.69, 9.17) is 0 Å². The zero-order valence-corrected chi connectivity index (χ0v) is 12.6. The van der Waals surface area contributed by atoms with Gasteiger partial charge in [0.25, 0.3) is 0 Å². The molecular formula is C11H23ClN2O3S. The Morgan fingerprint density at radius 2 is 2.06 bits per heavy atom. The van der Waals surface area contributed by atoms with Gasteiger partial charge in [-0.15, -0.1) is 12.4 Å². The van der Waals surface area contributed by atoms with Gasteiger partial charge in [-0.1, -0.05) is 13.8 Å². The summed E-state index contributed by atoms with van der Waals surface area (Å²) in [5.74, 6) is 0.0820. The van der Waals surface area contributed by atoms with Crippen LogP contribution < -0.4 is 10.6 Å². The molecule has 1 aliphatic heterocycles. The summed E-state index contributed by atoms with van der Waals surface area (Å²) < 4.78 is 22.6. The molecule has 7 heteroatoms. The summed E-state index contributed by atoms with van der Waals surface area (Å²) in [6, 6.07) is 0. The van der Waals surface area contributed by atoms with Crippen molar-refractivity contribution in [3.05, 3.63) is 0 Å². The minimum Gasteiger partial charge on any atom is -0.353 e. The summed E-state index contributed by atoms with van der Waals surface area (Å²) in [6.45, 7) is 4.65. The van der Waals surface area contributed by atoms with Crippen molar-refractivity contribution in [1.29, 1.82) is 0 Å². The van der Waals surface area contributed by atoms with Crippen molar-refractivity contribution in [3.8, 4) is 0 Å². The molecular weight excluding hydrogens is 276 g/mol. The molecule has 0 saturated carbocycles. The molecule has 5 nitrogen and oxygen atoms in total. The highest BCUT2D eigenvalue weighted by Gasteiger charge is 2.38. The monoisotopic (exact) mass is 298 g/mol. The minimum absolute atomic E-state index is 0. The van der Waals surface area contributed by atoms with Gasteiger partial charge in [-0.25, -0.2) is 8.42 Å². The van der Waals surface area contributed by atoms with Crippen molar-refractivity contribution in [2.24, 2.45) is 0 Å². The number of halogens is 1. The van der Waals surface area contributed by atoms with Gasteiger partial charge < -0.3 is 10.6 Å². The molecule has 0 radical (unpaired) electrons. The highest BCUT2D eigenvalue weighted by Crippen LogP contribution is 2.22. The van der Waals surface area contributed by atoms with Crippen LogP contribution in [0.2, 0.25) is 0 Å². The van der Waals surface area contributed by atoms with Crippen LogP contribution in [0.25, 0.3) is 0 Å². The molecule has 1 fully saturated rings. The van der Waals surface area contributed by atoms with E-state index in [2.05, 4.69) is 10.6 Å². The Kier molecular flexibility index (Phi) is 7.17. The molecule has 0 aromatic carbocycles. The lowest BCUT2D eigenvalue weighted by Gasteiger charge is -2.26. The van der Waals surface area contributed by atoms with Crippen molar-refractivity contribution in [2.75, 3.05) is 24.6 Å². The Balaban J connectivity index is 0.00000289. The molecule has 0 bridgehead atoms. The second-order valence-corrected chi connectivity index (χ2v) is 6.93. The van der Waals surface area contributed by atoms with E-state index in [-0.39, 0.29) is 36.4 Å². The third kappa shape index (κ3) is 4.40. The normalized spacial score (nSPS) is 23.4. The van der Waals surface area contributed by atoms with Crippen LogP contribution in [-0.2, 0) is 14.6 Å². The van der Waals surface area contributed by atoms with Gasteiger partial charge in [0.05, 0.1) is 11.3 Å². The van der Waals surface area contributed by atoms with E-state index in [1.807, 2.05) is 6.92 Å². The van der Waals surface area contributed by atoms with Crippen LogP contribution in [-0.4, -0.2) is 44.5 Å². The molecule has 1 saturated heterocycles. The summed E-state index contributed by atoms with van der Waals surface area (Å²) in [5, 5.41) is 5.95. The summed E-state index contributed by atoms with van der Waals surface area (Å²) in [4.78, 5) is 12.0. The van der Waals surface area contributed by atoms with Gasteiger partial charge in [0, 0.05) is 12.3 Å². The quantitative estimate of drug-likeness (QED) is 0.748. The van der Waals surface area contributed by atoms with Crippen LogP contribution in [0.3, 0.4) is 0 Å². The van der Waals surface area contributed by atoms with Gasteiger partial charge in [-0.3, -0.25) is 4.79 Å². The Labute approximate surface area is 115 Å². The van der Waals surface area contributed by atoms with Crippen LogP contribution in [0.5, 0.6) is 0 Å². The maximum absolute atomic E-state index is 12.0. The number of hydrogen-bond donors (Lipinski definition) is 2. The number of carbonyl (C=O) groups is 1. The predicted molar refractivity (Wildman–Crippen MR) is 74.8 cm³/mol. The van der Waals surface area contributed by atoms with Crippen molar-refractivity contribution in [1.82, 2.24) is 10.6 Å². The van der Waals surface area contributed by atoms with Crippen molar-refractivity contribution in [2.45, 2.75) is 38.6 Å². The summed E-state index contributed by atoms with van der Waals surface area (Å²) in [6.07, 6.45) is 2.56. The fourth-order valence-electron chi connectivity index (χ4n) is 2.10. The molecule has 1 amide bonds. The average molecular weight is 299 g/mol. The smallest absolute Gasteiger partial charge is 0.240 e. The first-order chi connectivity index (χ1) is 7.96. The van der Waals surface area contributed by atoms with Gasteiger partial charge in [0.2, 0.25) is 5.91 Å². The largest absolute Gasteiger partial charge is 0.353 e. The van der Waals surface area contributed by atoms with E-state index in [0.717, 1.165) is 25.8 Å². The molecule has 0 spiro atoms. The first-order valence-electron chi connectivity index (χ1n) is 6.19. The van der Waals surface area contributed by atoms with Crippen LogP contribution in [0, 0.1) is 0 Å². The van der Waals surface area contributed by atoms with Crippen molar-refractivity contribution in [3.63, 3.8) is 0 Å². The van der Waals surface area contributed by atoms with Crippen LogP contribution >= 0.6 is 12.4 Å². The second-order valence-electron chi connectivity index (χ2n) is 4.46. The highest BCUT2D eigenvalue weighted by molar-refractivity contribution is 7.91. The Bertz CT molecular complexity index is 364. The zero-order chi connectivity index (χ0) is 12.9. The lowest BCUT2D eigenvalue weighted by molar-refractivity contribution is -0.127. The second kappa shape index (κ2) is 7.31. The average Bonchev–Trinajstić information content (AvgIpc) is 2.78. The molecule has 1 heterocycles. The summed E-state index contributed by atoms with van der Waals surface area (Å²) in [7, 11) is -3.00. The maximum Gasteiger partial charge on any atom is 0.240 e. The van der Waals surface area contributed by atoms with Crippen LogP contribution in [0.1, 0.15) is 33.1 Å². The molecule has 0 aromatic heterocycles. The summed E-state index contributed by atoms with van der Waals surface area (Å²) >= 11 is 0. The van der Waals surface area contributed by atoms with Crippen molar-refractivity contribution < 1.29 is 13.2 Å². The van der Waals surface area contributed by atoms with E-state index >= 15 is 0 Å². The van der Waals surface area contributed by atoms with Gasteiger partial charge in [-0.05, 0) is 25.8 Å². The van der Waals surface area contributed by atoms with E-state index < -0.39 is 15.4 Å². The number of carbonyl (C=O) groups excluding carboxylic acids is 1. The Morgan fingerprint density at radius 3 is 2.50 bits per heavy atom. The number of hydrogen-bond acceptors (Lipinski definition) is 4.